The second-order valence-electron chi connectivity index (χ2n) is 3.17. The van der Waals surface area contributed by atoms with Crippen LogP contribution in [0.4, 0.5) is 0 Å². The van der Waals surface area contributed by atoms with Crippen molar-refractivity contribution >= 4 is 11.6 Å². The van der Waals surface area contributed by atoms with E-state index in [-0.39, 0.29) is 12.4 Å². The van der Waals surface area contributed by atoms with Crippen LogP contribution in [0, 0.1) is 6.92 Å². The van der Waals surface area contributed by atoms with Crippen molar-refractivity contribution in [3.05, 3.63) is 28.1 Å². The molecule has 0 aliphatic heterocycles. The molecule has 7 nitrogen and oxygen atoms in total. The first kappa shape index (κ1) is 10.3. The van der Waals surface area contributed by atoms with E-state index < -0.39 is 11.7 Å². The van der Waals surface area contributed by atoms with E-state index in [0.717, 1.165) is 4.52 Å². The van der Waals surface area contributed by atoms with Crippen molar-refractivity contribution in [2.45, 2.75) is 13.8 Å². The molecule has 84 valence electrons. The third kappa shape index (κ3) is 1.67. The van der Waals surface area contributed by atoms with Gasteiger partial charge in [-0.3, -0.25) is 4.98 Å². The van der Waals surface area contributed by atoms with Gasteiger partial charge < -0.3 is 4.74 Å². The van der Waals surface area contributed by atoms with Gasteiger partial charge in [0.05, 0.1) is 12.3 Å². The van der Waals surface area contributed by atoms with E-state index in [1.807, 2.05) is 0 Å². The summed E-state index contributed by atoms with van der Waals surface area (Å²) in [6, 6.07) is 1.61. The highest BCUT2D eigenvalue weighted by atomic mass is 16.5. The Kier molecular flexibility index (Phi) is 2.43. The Morgan fingerprint density at radius 1 is 1.62 bits per heavy atom. The van der Waals surface area contributed by atoms with Crippen molar-refractivity contribution in [3.8, 4) is 0 Å². The van der Waals surface area contributed by atoms with E-state index in [2.05, 4.69) is 15.1 Å². The molecule has 0 aliphatic carbocycles. The molecule has 0 radical (unpaired) electrons. The number of hydrogen-bond acceptors (Lipinski definition) is 5. The average Bonchev–Trinajstić information content (AvgIpc) is 2.59. The third-order valence-electron chi connectivity index (χ3n) is 1.93. The molecule has 2 heterocycles. The van der Waals surface area contributed by atoms with Crippen LogP contribution in [0.2, 0.25) is 0 Å². The lowest BCUT2D eigenvalue weighted by molar-refractivity contribution is 0.0511. The fraction of sp³-hybridized carbons (Fsp3) is 0.333. The number of fused-ring (bicyclic) bond motifs is 1. The zero-order chi connectivity index (χ0) is 11.7. The van der Waals surface area contributed by atoms with Gasteiger partial charge in [0, 0.05) is 6.07 Å². The Morgan fingerprint density at radius 2 is 2.38 bits per heavy atom. The van der Waals surface area contributed by atoms with Gasteiger partial charge in [-0.1, -0.05) is 0 Å². The minimum atomic E-state index is -0.652. The van der Waals surface area contributed by atoms with Crippen LogP contribution in [-0.2, 0) is 4.74 Å². The number of aromatic amines is 1. The van der Waals surface area contributed by atoms with Crippen LogP contribution in [0.5, 0.6) is 0 Å². The van der Waals surface area contributed by atoms with Crippen LogP contribution in [0.25, 0.3) is 5.65 Å². The maximum absolute atomic E-state index is 11.5. The Morgan fingerprint density at radius 3 is 3.06 bits per heavy atom. The fourth-order valence-electron chi connectivity index (χ4n) is 1.31. The van der Waals surface area contributed by atoms with Gasteiger partial charge in [0.25, 0.3) is 0 Å². The van der Waals surface area contributed by atoms with Gasteiger partial charge in [0.1, 0.15) is 0 Å². The molecule has 0 amide bonds. The number of nitrogens with one attached hydrogen (secondary N) is 1. The van der Waals surface area contributed by atoms with Crippen molar-refractivity contribution in [2.24, 2.45) is 0 Å². The number of carbonyl (C=O) groups is 1. The number of esters is 1. The first-order valence-corrected chi connectivity index (χ1v) is 4.75. The number of nitrogens with zero attached hydrogens (tertiary/aromatic N) is 3. The molecule has 0 aliphatic rings. The minimum absolute atomic E-state index is 0.112. The van der Waals surface area contributed by atoms with Gasteiger partial charge >= 0.3 is 11.7 Å². The number of aryl methyl sites for hydroxylation is 1. The predicted octanol–water partition coefficient (Wildman–Crippen LogP) is -0.0973. The Bertz CT molecular complexity index is 598. The number of ether oxygens (including phenoxy) is 1. The van der Waals surface area contributed by atoms with E-state index in [9.17, 15) is 9.59 Å². The topological polar surface area (TPSA) is 89.3 Å². The molecule has 0 saturated carbocycles. The summed E-state index contributed by atoms with van der Waals surface area (Å²) in [5.74, 6) is -0.764. The summed E-state index contributed by atoms with van der Waals surface area (Å²) in [6.07, 6.45) is 0. The first-order chi connectivity index (χ1) is 7.61. The quantitative estimate of drug-likeness (QED) is 0.717. The van der Waals surface area contributed by atoms with Gasteiger partial charge in [-0.05, 0) is 13.8 Å². The molecular formula is C9H10N4O3. The molecule has 7 heteroatoms. The van der Waals surface area contributed by atoms with E-state index in [4.69, 9.17) is 4.74 Å². The van der Waals surface area contributed by atoms with E-state index >= 15 is 0 Å². The lowest BCUT2D eigenvalue weighted by Crippen LogP contribution is -2.23. The summed E-state index contributed by atoms with van der Waals surface area (Å²) in [4.78, 5) is 29.1. The molecular weight excluding hydrogens is 212 g/mol. The van der Waals surface area contributed by atoms with Gasteiger partial charge in [-0.15, -0.1) is 0 Å². The molecule has 0 unspecified atom stereocenters. The molecule has 2 aromatic rings. The van der Waals surface area contributed by atoms with Gasteiger partial charge in [0.15, 0.2) is 5.65 Å². The van der Waals surface area contributed by atoms with Crippen molar-refractivity contribution in [3.63, 3.8) is 0 Å². The Balaban J connectivity index is 2.57. The molecule has 0 fully saturated rings. The van der Waals surface area contributed by atoms with Crippen LogP contribution < -0.4 is 5.69 Å². The van der Waals surface area contributed by atoms with Gasteiger partial charge in [-0.25, -0.2) is 14.6 Å². The molecule has 0 bridgehead atoms. The van der Waals surface area contributed by atoms with Gasteiger partial charge in [-0.2, -0.15) is 9.61 Å². The average molecular weight is 222 g/mol. The summed E-state index contributed by atoms with van der Waals surface area (Å²) >= 11 is 0. The number of carbonyl (C=O) groups excluding carboxylic acids is 1. The maximum atomic E-state index is 11.5. The van der Waals surface area contributed by atoms with Crippen molar-refractivity contribution < 1.29 is 9.53 Å². The van der Waals surface area contributed by atoms with Gasteiger partial charge in [0.2, 0.25) is 5.82 Å². The number of aromatic nitrogens is 4. The SMILES string of the molecule is CCOC(=O)c1nc2cc(C)nn2c(=O)[nH]1. The highest BCUT2D eigenvalue weighted by Crippen LogP contribution is 2.00. The highest BCUT2D eigenvalue weighted by Gasteiger charge is 2.12. The largest absolute Gasteiger partial charge is 0.460 e. The molecule has 0 spiro atoms. The lowest BCUT2D eigenvalue weighted by atomic mass is 10.5. The highest BCUT2D eigenvalue weighted by molar-refractivity contribution is 5.85. The second-order valence-corrected chi connectivity index (χ2v) is 3.17. The normalized spacial score (nSPS) is 10.6. The van der Waals surface area contributed by atoms with Crippen molar-refractivity contribution in [1.82, 2.24) is 19.6 Å². The number of rotatable bonds is 2. The van der Waals surface area contributed by atoms with E-state index in [0.29, 0.717) is 11.3 Å². The molecule has 2 rings (SSSR count). The Labute approximate surface area is 90.1 Å². The molecule has 0 aromatic carbocycles. The van der Waals surface area contributed by atoms with Crippen LogP contribution in [0.1, 0.15) is 23.2 Å². The summed E-state index contributed by atoms with van der Waals surface area (Å²) < 4.78 is 5.83. The number of H-pyrrole nitrogens is 1. The van der Waals surface area contributed by atoms with Crippen LogP contribution in [-0.4, -0.2) is 32.2 Å². The summed E-state index contributed by atoms with van der Waals surface area (Å²) in [5, 5.41) is 3.92. The van der Waals surface area contributed by atoms with Crippen molar-refractivity contribution in [2.75, 3.05) is 6.61 Å². The summed E-state index contributed by atoms with van der Waals surface area (Å²) in [5.41, 5.74) is 0.462. The summed E-state index contributed by atoms with van der Waals surface area (Å²) in [7, 11) is 0. The third-order valence-corrected chi connectivity index (χ3v) is 1.93. The maximum Gasteiger partial charge on any atom is 0.374 e. The minimum Gasteiger partial charge on any atom is -0.460 e. The molecule has 2 aromatic heterocycles. The first-order valence-electron chi connectivity index (χ1n) is 4.75. The standard InChI is InChI=1S/C9H10N4O3/c1-3-16-8(14)7-10-6-4-5(2)12-13(6)9(15)11-7/h4H,3H2,1-2H3,(H,10,11,15). The van der Waals surface area contributed by atoms with Crippen molar-refractivity contribution in [1.29, 1.82) is 0 Å². The summed E-state index contributed by atoms with van der Waals surface area (Å²) in [6.45, 7) is 3.64. The van der Waals surface area contributed by atoms with Crippen LogP contribution in [0.15, 0.2) is 10.9 Å². The Hall–Kier alpha value is -2.18. The van der Waals surface area contributed by atoms with E-state index in [1.165, 1.54) is 0 Å². The van der Waals surface area contributed by atoms with Crippen LogP contribution in [0.3, 0.4) is 0 Å². The zero-order valence-corrected chi connectivity index (χ0v) is 8.85. The number of hydrogen-bond donors (Lipinski definition) is 1. The molecule has 1 N–H and O–H groups in total. The smallest absolute Gasteiger partial charge is 0.374 e. The second kappa shape index (κ2) is 3.76. The van der Waals surface area contributed by atoms with E-state index in [1.54, 1.807) is 19.9 Å². The molecule has 0 saturated heterocycles. The van der Waals surface area contributed by atoms with Crippen LogP contribution >= 0.6 is 0 Å². The predicted molar refractivity (Wildman–Crippen MR) is 54.3 cm³/mol. The molecule has 0 atom stereocenters. The lowest BCUT2D eigenvalue weighted by Gasteiger charge is -2.00. The molecule has 16 heavy (non-hydrogen) atoms. The zero-order valence-electron chi connectivity index (χ0n) is 8.85. The fourth-order valence-corrected chi connectivity index (χ4v) is 1.31. The monoisotopic (exact) mass is 222 g/mol.